The maximum atomic E-state index is 13.8. The Morgan fingerprint density at radius 3 is 2.83 bits per heavy atom. The number of hydrogen-bond acceptors (Lipinski definition) is 6. The number of phenolic OH excluding ortho intramolecular Hbond substituents is 1. The van der Waals surface area contributed by atoms with Crippen LogP contribution in [0.2, 0.25) is 5.02 Å². The van der Waals surface area contributed by atoms with E-state index in [1.54, 1.807) is 25.4 Å². The average molecular weight is 432 g/mol. The Bertz CT molecular complexity index is 1050. The lowest BCUT2D eigenvalue weighted by molar-refractivity contribution is 0.221. The van der Waals surface area contributed by atoms with Crippen LogP contribution in [0.3, 0.4) is 0 Å². The summed E-state index contributed by atoms with van der Waals surface area (Å²) in [4.78, 5) is 4.22. The minimum atomic E-state index is -0.768. The molecule has 0 radical (unpaired) electrons. The Labute approximate surface area is 178 Å². The predicted molar refractivity (Wildman–Crippen MR) is 113 cm³/mol. The lowest BCUT2D eigenvalue weighted by atomic mass is 10.1. The van der Waals surface area contributed by atoms with E-state index in [2.05, 4.69) is 15.4 Å². The number of aromatic hydroxyl groups is 1. The summed E-state index contributed by atoms with van der Waals surface area (Å²) in [5, 5.41) is 18.1. The van der Waals surface area contributed by atoms with Crippen molar-refractivity contribution in [1.29, 1.82) is 0 Å². The first-order valence-corrected chi connectivity index (χ1v) is 10.2. The number of piperidine rings is 1. The molecule has 1 aliphatic heterocycles. The number of anilines is 1. The number of ether oxygens (including phenoxy) is 1. The highest BCUT2D eigenvalue weighted by Crippen LogP contribution is 2.37. The normalized spacial score (nSPS) is 15.8. The molecule has 0 aliphatic carbocycles. The summed E-state index contributed by atoms with van der Waals surface area (Å²) in [5.41, 5.74) is 7.83. The van der Waals surface area contributed by atoms with Crippen LogP contribution in [0.1, 0.15) is 37.5 Å². The van der Waals surface area contributed by atoms with Crippen LogP contribution in [0.5, 0.6) is 11.5 Å². The fourth-order valence-electron chi connectivity index (χ4n) is 3.66. The van der Waals surface area contributed by atoms with Gasteiger partial charge in [0.2, 0.25) is 0 Å². The third-order valence-electron chi connectivity index (χ3n) is 5.32. The van der Waals surface area contributed by atoms with Gasteiger partial charge in [-0.1, -0.05) is 11.6 Å². The first-order valence-electron chi connectivity index (χ1n) is 9.78. The fraction of sp³-hybridized carbons (Fsp3) is 0.333. The molecular weight excluding hydrogens is 409 g/mol. The SMILES string of the molecule is C[C@@H](Oc1cc(-c2cnn(C3CCNCC3)c2)cnc1N)c1c(Cl)ccc(F)c1O. The van der Waals surface area contributed by atoms with Crippen LogP contribution in [0.4, 0.5) is 10.2 Å². The number of pyridine rings is 1. The van der Waals surface area contributed by atoms with Crippen LogP contribution in [0, 0.1) is 5.82 Å². The second-order valence-electron chi connectivity index (χ2n) is 7.35. The molecule has 3 aromatic rings. The van der Waals surface area contributed by atoms with Crippen molar-refractivity contribution in [3.05, 3.63) is 53.2 Å². The maximum Gasteiger partial charge on any atom is 0.166 e. The van der Waals surface area contributed by atoms with Crippen LogP contribution < -0.4 is 15.8 Å². The standard InChI is InChI=1S/C21H23ClFN5O2/c1-12(19-16(22)2-3-17(23)20(19)29)30-18-8-13(9-26-21(18)24)14-10-27-28(11-14)15-4-6-25-7-5-15/h2-3,8-12,15,25,29H,4-7H2,1H3,(H2,24,26)/t12-/m1/s1. The molecule has 1 saturated heterocycles. The molecule has 158 valence electrons. The largest absolute Gasteiger partial charge is 0.504 e. The molecule has 1 fully saturated rings. The molecule has 2 aromatic heterocycles. The zero-order valence-electron chi connectivity index (χ0n) is 16.5. The van der Waals surface area contributed by atoms with Crippen molar-refractivity contribution < 1.29 is 14.2 Å². The van der Waals surface area contributed by atoms with E-state index in [-0.39, 0.29) is 16.4 Å². The summed E-state index contributed by atoms with van der Waals surface area (Å²) < 4.78 is 21.6. The molecule has 0 amide bonds. The molecule has 7 nitrogen and oxygen atoms in total. The molecule has 9 heteroatoms. The van der Waals surface area contributed by atoms with Gasteiger partial charge in [-0.05, 0) is 51.1 Å². The van der Waals surface area contributed by atoms with E-state index in [4.69, 9.17) is 22.1 Å². The molecule has 1 aromatic carbocycles. The summed E-state index contributed by atoms with van der Waals surface area (Å²) in [7, 11) is 0. The van der Waals surface area contributed by atoms with Crippen LogP contribution >= 0.6 is 11.6 Å². The van der Waals surface area contributed by atoms with Gasteiger partial charge >= 0.3 is 0 Å². The first kappa shape index (κ1) is 20.4. The fourth-order valence-corrected chi connectivity index (χ4v) is 3.96. The number of halogens is 2. The number of nitrogens with one attached hydrogen (secondary N) is 1. The molecule has 4 rings (SSSR count). The van der Waals surface area contributed by atoms with Gasteiger partial charge in [-0.25, -0.2) is 9.37 Å². The quantitative estimate of drug-likeness (QED) is 0.562. The molecule has 1 atom stereocenters. The van der Waals surface area contributed by atoms with Gasteiger partial charge in [-0.15, -0.1) is 0 Å². The van der Waals surface area contributed by atoms with Gasteiger partial charge in [0.05, 0.1) is 22.8 Å². The zero-order valence-corrected chi connectivity index (χ0v) is 17.2. The molecule has 0 saturated carbocycles. The number of rotatable bonds is 5. The lowest BCUT2D eigenvalue weighted by Gasteiger charge is -2.22. The van der Waals surface area contributed by atoms with Gasteiger partial charge in [0, 0.05) is 23.5 Å². The molecule has 0 spiro atoms. The number of hydrogen-bond donors (Lipinski definition) is 3. The number of nitrogens with two attached hydrogens (primary N) is 1. The Balaban J connectivity index is 1.58. The number of nitrogen functional groups attached to an aromatic ring is 1. The third-order valence-corrected chi connectivity index (χ3v) is 5.65. The molecule has 3 heterocycles. The minimum absolute atomic E-state index is 0.153. The highest BCUT2D eigenvalue weighted by atomic mass is 35.5. The second kappa shape index (κ2) is 8.49. The topological polar surface area (TPSA) is 98.2 Å². The van der Waals surface area contributed by atoms with Gasteiger partial charge in [0.25, 0.3) is 0 Å². The summed E-state index contributed by atoms with van der Waals surface area (Å²) in [6.07, 6.45) is 6.76. The molecular formula is C21H23ClFN5O2. The lowest BCUT2D eigenvalue weighted by Crippen LogP contribution is -2.29. The van der Waals surface area contributed by atoms with E-state index >= 15 is 0 Å². The Hall–Kier alpha value is -2.84. The summed E-state index contributed by atoms with van der Waals surface area (Å²) in [6.45, 7) is 3.62. The average Bonchev–Trinajstić information content (AvgIpc) is 3.24. The number of phenols is 1. The van der Waals surface area contributed by atoms with Gasteiger partial charge < -0.3 is 20.9 Å². The van der Waals surface area contributed by atoms with Crippen molar-refractivity contribution in [1.82, 2.24) is 20.1 Å². The number of nitrogens with zero attached hydrogens (tertiary/aromatic N) is 3. The summed E-state index contributed by atoms with van der Waals surface area (Å²) in [5.74, 6) is -0.811. The molecule has 4 N–H and O–H groups in total. The van der Waals surface area contributed by atoms with Crippen molar-refractivity contribution in [3.8, 4) is 22.6 Å². The van der Waals surface area contributed by atoms with Gasteiger partial charge in [0.1, 0.15) is 6.10 Å². The zero-order chi connectivity index (χ0) is 21.3. The molecule has 30 heavy (non-hydrogen) atoms. The minimum Gasteiger partial charge on any atom is -0.504 e. The summed E-state index contributed by atoms with van der Waals surface area (Å²) in [6, 6.07) is 4.60. The number of aromatic nitrogens is 3. The van der Waals surface area contributed by atoms with E-state index in [1.165, 1.54) is 6.07 Å². The Morgan fingerprint density at radius 2 is 2.07 bits per heavy atom. The van der Waals surface area contributed by atoms with E-state index in [0.717, 1.165) is 43.1 Å². The van der Waals surface area contributed by atoms with Crippen LogP contribution in [-0.4, -0.2) is 33.0 Å². The Morgan fingerprint density at radius 1 is 1.30 bits per heavy atom. The maximum absolute atomic E-state index is 13.8. The van der Waals surface area contributed by atoms with Gasteiger partial charge in [-0.3, -0.25) is 4.68 Å². The molecule has 1 aliphatic rings. The van der Waals surface area contributed by atoms with Crippen molar-refractivity contribution in [2.24, 2.45) is 0 Å². The third kappa shape index (κ3) is 4.06. The van der Waals surface area contributed by atoms with E-state index in [0.29, 0.717) is 11.8 Å². The van der Waals surface area contributed by atoms with Crippen LogP contribution in [0.25, 0.3) is 11.1 Å². The van der Waals surface area contributed by atoms with E-state index in [1.807, 2.05) is 10.9 Å². The van der Waals surface area contributed by atoms with Crippen LogP contribution in [0.15, 0.2) is 36.8 Å². The van der Waals surface area contributed by atoms with Crippen LogP contribution in [-0.2, 0) is 0 Å². The highest BCUT2D eigenvalue weighted by molar-refractivity contribution is 6.31. The monoisotopic (exact) mass is 431 g/mol. The summed E-state index contributed by atoms with van der Waals surface area (Å²) >= 11 is 6.14. The van der Waals surface area contributed by atoms with Crippen molar-refractivity contribution in [3.63, 3.8) is 0 Å². The first-order chi connectivity index (χ1) is 14.4. The predicted octanol–water partition coefficient (Wildman–Crippen LogP) is 4.09. The molecule has 0 unspecified atom stereocenters. The molecule has 0 bridgehead atoms. The van der Waals surface area contributed by atoms with Crippen molar-refractivity contribution in [2.75, 3.05) is 18.8 Å². The van der Waals surface area contributed by atoms with E-state index in [9.17, 15) is 9.50 Å². The highest BCUT2D eigenvalue weighted by Gasteiger charge is 2.21. The van der Waals surface area contributed by atoms with Crippen molar-refractivity contribution >= 4 is 17.4 Å². The van der Waals surface area contributed by atoms with E-state index < -0.39 is 17.7 Å². The Kier molecular flexibility index (Phi) is 5.78. The smallest absolute Gasteiger partial charge is 0.166 e. The number of benzene rings is 1. The van der Waals surface area contributed by atoms with Crippen molar-refractivity contribution in [2.45, 2.75) is 31.9 Å². The second-order valence-corrected chi connectivity index (χ2v) is 7.76. The van der Waals surface area contributed by atoms with Gasteiger partial charge in [-0.2, -0.15) is 5.10 Å². The van der Waals surface area contributed by atoms with Gasteiger partial charge in [0.15, 0.2) is 23.1 Å².